The summed E-state index contributed by atoms with van der Waals surface area (Å²) in [4.78, 5) is 33.7. The molecule has 4 aromatic rings. The van der Waals surface area contributed by atoms with Crippen molar-refractivity contribution in [1.82, 2.24) is 29.4 Å². The lowest BCUT2D eigenvalue weighted by Gasteiger charge is -2.25. The highest BCUT2D eigenvalue weighted by Gasteiger charge is 2.35. The number of hydrogen-bond acceptors (Lipinski definition) is 6. The van der Waals surface area contributed by atoms with Gasteiger partial charge < -0.3 is 19.8 Å². The van der Waals surface area contributed by atoms with E-state index in [1.807, 2.05) is 28.9 Å². The van der Waals surface area contributed by atoms with Crippen molar-refractivity contribution in [2.24, 2.45) is 5.41 Å². The van der Waals surface area contributed by atoms with E-state index in [4.69, 9.17) is 4.74 Å². The molecule has 1 saturated heterocycles. The van der Waals surface area contributed by atoms with Crippen molar-refractivity contribution in [3.05, 3.63) is 82.3 Å². The summed E-state index contributed by atoms with van der Waals surface area (Å²) in [5.41, 5.74) is 3.08. The van der Waals surface area contributed by atoms with Crippen molar-refractivity contribution in [2.75, 3.05) is 13.2 Å². The number of ether oxygens (including phenoxy) is 1. The van der Waals surface area contributed by atoms with Crippen LogP contribution in [-0.4, -0.2) is 43.9 Å². The SMILES string of the molecule is CC1(C)CCOC1CNCc1ccc2nc(CNC(=O)c3cc(=O)n4ccccc4n3)cn2c1. The largest absolute Gasteiger partial charge is 0.376 e. The predicted octanol–water partition coefficient (Wildman–Crippen LogP) is 2.18. The third kappa shape index (κ3) is 4.57. The number of hydrogen-bond donors (Lipinski definition) is 2. The summed E-state index contributed by atoms with van der Waals surface area (Å²) in [7, 11) is 0. The van der Waals surface area contributed by atoms with Crippen molar-refractivity contribution in [3.8, 4) is 0 Å². The Balaban J connectivity index is 1.21. The number of amides is 1. The smallest absolute Gasteiger partial charge is 0.270 e. The first kappa shape index (κ1) is 22.2. The van der Waals surface area contributed by atoms with Gasteiger partial charge in [0.2, 0.25) is 0 Å². The van der Waals surface area contributed by atoms with Crippen molar-refractivity contribution in [3.63, 3.8) is 0 Å². The lowest BCUT2D eigenvalue weighted by molar-refractivity contribution is 0.0637. The van der Waals surface area contributed by atoms with E-state index in [9.17, 15) is 9.59 Å². The van der Waals surface area contributed by atoms with E-state index in [-0.39, 0.29) is 29.3 Å². The number of rotatable bonds is 7. The van der Waals surface area contributed by atoms with Gasteiger partial charge in [-0.2, -0.15) is 0 Å². The van der Waals surface area contributed by atoms with Crippen LogP contribution >= 0.6 is 0 Å². The van der Waals surface area contributed by atoms with E-state index in [1.54, 1.807) is 24.4 Å². The molecule has 2 N–H and O–H groups in total. The number of nitrogens with zero attached hydrogens (tertiary/aromatic N) is 4. The highest BCUT2D eigenvalue weighted by molar-refractivity contribution is 5.92. The average molecular weight is 461 g/mol. The van der Waals surface area contributed by atoms with Crippen LogP contribution in [-0.2, 0) is 17.8 Å². The summed E-state index contributed by atoms with van der Waals surface area (Å²) in [6.07, 6.45) is 6.87. The van der Waals surface area contributed by atoms with Gasteiger partial charge in [0, 0.05) is 44.4 Å². The Morgan fingerprint density at radius 3 is 2.85 bits per heavy atom. The molecule has 0 aliphatic carbocycles. The van der Waals surface area contributed by atoms with Gasteiger partial charge in [0.25, 0.3) is 11.5 Å². The minimum absolute atomic E-state index is 0.0859. The van der Waals surface area contributed by atoms with Gasteiger partial charge in [-0.15, -0.1) is 0 Å². The van der Waals surface area contributed by atoms with Crippen molar-refractivity contribution in [2.45, 2.75) is 39.5 Å². The zero-order chi connectivity index (χ0) is 23.7. The second-order valence-corrected chi connectivity index (χ2v) is 9.36. The molecule has 176 valence electrons. The van der Waals surface area contributed by atoms with Gasteiger partial charge in [0.15, 0.2) is 0 Å². The second-order valence-electron chi connectivity index (χ2n) is 9.36. The van der Waals surface area contributed by atoms with E-state index in [1.165, 1.54) is 10.5 Å². The average Bonchev–Trinajstić information content (AvgIpc) is 3.39. The third-order valence-corrected chi connectivity index (χ3v) is 6.39. The van der Waals surface area contributed by atoms with Gasteiger partial charge in [0.05, 0.1) is 18.3 Å². The van der Waals surface area contributed by atoms with Crippen LogP contribution in [0.2, 0.25) is 0 Å². The summed E-state index contributed by atoms with van der Waals surface area (Å²) in [6.45, 7) is 7.11. The minimum Gasteiger partial charge on any atom is -0.376 e. The maximum atomic E-state index is 12.6. The number of nitrogens with one attached hydrogen (secondary N) is 2. The summed E-state index contributed by atoms with van der Waals surface area (Å²) >= 11 is 0. The van der Waals surface area contributed by atoms with Gasteiger partial charge in [-0.3, -0.25) is 14.0 Å². The summed E-state index contributed by atoms with van der Waals surface area (Å²) in [5.74, 6) is -0.414. The molecule has 0 saturated carbocycles. The number of carbonyl (C=O) groups is 1. The van der Waals surface area contributed by atoms with Crippen molar-refractivity contribution in [1.29, 1.82) is 0 Å². The Morgan fingerprint density at radius 1 is 1.15 bits per heavy atom. The molecule has 1 atom stereocenters. The van der Waals surface area contributed by atoms with Crippen LogP contribution in [0.5, 0.6) is 0 Å². The molecule has 5 heterocycles. The number of imidazole rings is 1. The van der Waals surface area contributed by atoms with E-state index in [2.05, 4.69) is 34.4 Å². The zero-order valence-corrected chi connectivity index (χ0v) is 19.3. The molecule has 0 spiro atoms. The lowest BCUT2D eigenvalue weighted by atomic mass is 9.85. The van der Waals surface area contributed by atoms with E-state index in [0.29, 0.717) is 5.65 Å². The Morgan fingerprint density at radius 2 is 2.03 bits per heavy atom. The number of pyridine rings is 2. The second kappa shape index (κ2) is 9.00. The van der Waals surface area contributed by atoms with Gasteiger partial charge >= 0.3 is 0 Å². The molecule has 1 unspecified atom stereocenters. The first-order valence-electron chi connectivity index (χ1n) is 11.4. The fraction of sp³-hybridized carbons (Fsp3) is 0.360. The summed E-state index contributed by atoms with van der Waals surface area (Å²) in [6, 6.07) is 10.4. The van der Waals surface area contributed by atoms with E-state index in [0.717, 1.165) is 43.0 Å². The molecule has 1 amide bonds. The molecule has 9 heteroatoms. The third-order valence-electron chi connectivity index (χ3n) is 6.39. The molecule has 5 rings (SSSR count). The highest BCUT2D eigenvalue weighted by atomic mass is 16.5. The van der Waals surface area contributed by atoms with Crippen LogP contribution in [0.3, 0.4) is 0 Å². The van der Waals surface area contributed by atoms with Crippen LogP contribution in [0, 0.1) is 5.41 Å². The summed E-state index contributed by atoms with van der Waals surface area (Å²) in [5, 5.41) is 6.30. The Hall–Kier alpha value is -3.56. The molecule has 4 aromatic heterocycles. The van der Waals surface area contributed by atoms with Crippen LogP contribution in [0.1, 0.15) is 42.0 Å². The molecule has 0 aromatic carbocycles. The molecule has 0 radical (unpaired) electrons. The Bertz CT molecular complexity index is 1410. The quantitative estimate of drug-likeness (QED) is 0.438. The number of carbonyl (C=O) groups excluding carboxylic acids is 1. The standard InChI is InChI=1S/C25H28N6O3/c1-25(2)8-10-34-20(25)14-26-12-17-6-7-21-28-18(16-30(21)15-17)13-27-24(33)19-11-23(32)31-9-4-3-5-22(31)29-19/h3-7,9,11,15-16,20,26H,8,10,12-14H2,1-2H3,(H,27,33). The monoisotopic (exact) mass is 460 g/mol. The number of aromatic nitrogens is 4. The van der Waals surface area contributed by atoms with Crippen LogP contribution in [0.25, 0.3) is 11.3 Å². The topological polar surface area (TPSA) is 102 Å². The Labute approximate surface area is 196 Å². The van der Waals surface area contributed by atoms with Gasteiger partial charge in [0.1, 0.15) is 17.0 Å². The molecular weight excluding hydrogens is 432 g/mol. The predicted molar refractivity (Wildman–Crippen MR) is 128 cm³/mol. The molecule has 9 nitrogen and oxygen atoms in total. The van der Waals surface area contributed by atoms with Crippen LogP contribution in [0.4, 0.5) is 0 Å². The van der Waals surface area contributed by atoms with Crippen LogP contribution < -0.4 is 16.2 Å². The van der Waals surface area contributed by atoms with Crippen molar-refractivity contribution >= 4 is 17.2 Å². The minimum atomic E-state index is -0.414. The van der Waals surface area contributed by atoms with Gasteiger partial charge in [-0.05, 0) is 35.6 Å². The molecule has 1 aliphatic rings. The highest BCUT2D eigenvalue weighted by Crippen LogP contribution is 2.33. The lowest BCUT2D eigenvalue weighted by Crippen LogP contribution is -2.35. The molecule has 34 heavy (non-hydrogen) atoms. The van der Waals surface area contributed by atoms with E-state index < -0.39 is 5.91 Å². The summed E-state index contributed by atoms with van der Waals surface area (Å²) < 4.78 is 9.20. The molecular formula is C25H28N6O3. The maximum absolute atomic E-state index is 12.6. The Kier molecular flexibility index (Phi) is 5.89. The maximum Gasteiger partial charge on any atom is 0.270 e. The van der Waals surface area contributed by atoms with Crippen molar-refractivity contribution < 1.29 is 9.53 Å². The van der Waals surface area contributed by atoms with Gasteiger partial charge in [-0.1, -0.05) is 26.0 Å². The van der Waals surface area contributed by atoms with Gasteiger partial charge in [-0.25, -0.2) is 9.97 Å². The fourth-order valence-electron chi connectivity index (χ4n) is 4.25. The first-order chi connectivity index (χ1) is 16.4. The fourth-order valence-corrected chi connectivity index (χ4v) is 4.25. The van der Waals surface area contributed by atoms with E-state index >= 15 is 0 Å². The molecule has 0 bridgehead atoms. The normalized spacial score (nSPS) is 17.4. The molecule has 1 fully saturated rings. The van der Waals surface area contributed by atoms with Crippen LogP contribution in [0.15, 0.2) is 59.8 Å². The zero-order valence-electron chi connectivity index (χ0n) is 19.3. The number of fused-ring (bicyclic) bond motifs is 2. The first-order valence-corrected chi connectivity index (χ1v) is 11.4. The molecule has 1 aliphatic heterocycles.